The van der Waals surface area contributed by atoms with E-state index >= 15 is 0 Å². The molecule has 0 aliphatic carbocycles. The number of rotatable bonds is 1. The van der Waals surface area contributed by atoms with Gasteiger partial charge in [0.05, 0.1) is 7.11 Å². The smallest absolute Gasteiger partial charge is 0.726 e. The Morgan fingerprint density at radius 1 is 1.57 bits per heavy atom. The molecule has 0 heterocycles. The summed E-state index contributed by atoms with van der Waals surface area (Å²) in [5.74, 6) is 0. The Bertz CT molecular complexity index is 114. The Labute approximate surface area is 71.8 Å². The predicted molar refractivity (Wildman–Crippen MR) is 22.5 cm³/mol. The van der Waals surface area contributed by atoms with Gasteiger partial charge in [-0.1, -0.05) is 0 Å². The van der Waals surface area contributed by atoms with E-state index < -0.39 is 10.4 Å². The summed E-state index contributed by atoms with van der Waals surface area (Å²) in [5.41, 5.74) is 0. The van der Waals surface area contributed by atoms with E-state index in [9.17, 15) is 13.0 Å². The van der Waals surface area contributed by atoms with Crippen LogP contribution < -0.4 is 0 Å². The Morgan fingerprint density at radius 2 is 1.71 bits per heavy atom. The van der Waals surface area contributed by atoms with E-state index in [0.717, 1.165) is 7.11 Å². The SMILES string of the molecule is COS(=O)(=O)[O-].[Ca+2]. The summed E-state index contributed by atoms with van der Waals surface area (Å²) < 4.78 is 31.0. The van der Waals surface area contributed by atoms with E-state index in [1.807, 2.05) is 0 Å². The Morgan fingerprint density at radius 3 is 1.71 bits per heavy atom. The molecule has 0 atom stereocenters. The number of hydrogen-bond donors (Lipinski definition) is 0. The zero-order chi connectivity index (χ0) is 5.21. The molecule has 0 saturated carbocycles. The summed E-state index contributed by atoms with van der Waals surface area (Å²) in [6.07, 6.45) is 0. The maximum absolute atomic E-state index is 9.22. The molecule has 0 aliphatic heterocycles. The maximum atomic E-state index is 9.22. The van der Waals surface area contributed by atoms with Crippen LogP contribution in [0.2, 0.25) is 0 Å². The van der Waals surface area contributed by atoms with Gasteiger partial charge in [-0.15, -0.1) is 0 Å². The Hall–Kier alpha value is 1.13. The quantitative estimate of drug-likeness (QED) is 0.266. The average molecular weight is 151 g/mol. The first kappa shape index (κ1) is 11.0. The van der Waals surface area contributed by atoms with Gasteiger partial charge in [-0.2, -0.15) is 0 Å². The van der Waals surface area contributed by atoms with Gasteiger partial charge < -0.3 is 4.55 Å². The second-order valence-corrected chi connectivity index (χ2v) is 1.72. The summed E-state index contributed by atoms with van der Waals surface area (Å²) in [5, 5.41) is 0. The van der Waals surface area contributed by atoms with E-state index in [2.05, 4.69) is 4.18 Å². The van der Waals surface area contributed by atoms with Crippen molar-refractivity contribution in [1.82, 2.24) is 0 Å². The third-order valence-corrected chi connectivity index (χ3v) is 0.612. The molecular weight excluding hydrogens is 148 g/mol. The van der Waals surface area contributed by atoms with Gasteiger partial charge >= 0.3 is 37.7 Å². The van der Waals surface area contributed by atoms with Crippen LogP contribution in [0.1, 0.15) is 0 Å². The third-order valence-electron chi connectivity index (χ3n) is 0.204. The van der Waals surface area contributed by atoms with Gasteiger partial charge in [0.2, 0.25) is 10.4 Å². The summed E-state index contributed by atoms with van der Waals surface area (Å²) >= 11 is 0. The van der Waals surface area contributed by atoms with E-state index in [4.69, 9.17) is 0 Å². The summed E-state index contributed by atoms with van der Waals surface area (Å²) in [7, 11) is -3.60. The molecule has 0 rings (SSSR count). The molecule has 0 spiro atoms. The molecule has 38 valence electrons. The van der Waals surface area contributed by atoms with Crippen LogP contribution in [0.15, 0.2) is 0 Å². The van der Waals surface area contributed by atoms with Gasteiger partial charge in [0.25, 0.3) is 0 Å². The zero-order valence-electron chi connectivity index (χ0n) is 3.75. The van der Waals surface area contributed by atoms with Gasteiger partial charge in [0.15, 0.2) is 0 Å². The van der Waals surface area contributed by atoms with Gasteiger partial charge in [-0.25, -0.2) is 8.42 Å². The van der Waals surface area contributed by atoms with Crippen molar-refractivity contribution in [2.75, 3.05) is 7.11 Å². The molecule has 0 radical (unpaired) electrons. The minimum Gasteiger partial charge on any atom is -0.726 e. The van der Waals surface area contributed by atoms with E-state index in [1.165, 1.54) is 0 Å². The summed E-state index contributed by atoms with van der Waals surface area (Å²) in [6, 6.07) is 0. The number of hydrogen-bond acceptors (Lipinski definition) is 4. The van der Waals surface area contributed by atoms with Crippen molar-refractivity contribution in [3.05, 3.63) is 0 Å². The topological polar surface area (TPSA) is 66.4 Å². The molecule has 0 unspecified atom stereocenters. The molecule has 0 aromatic carbocycles. The largest absolute Gasteiger partial charge is 2.00 e. The van der Waals surface area contributed by atoms with Gasteiger partial charge in [0.1, 0.15) is 0 Å². The molecule has 0 fully saturated rings. The third kappa shape index (κ3) is 11.0. The summed E-state index contributed by atoms with van der Waals surface area (Å²) in [4.78, 5) is 0. The molecule has 6 heteroatoms. The maximum Gasteiger partial charge on any atom is 2.00 e. The second-order valence-electron chi connectivity index (χ2n) is 0.575. The Balaban J connectivity index is 0. The van der Waals surface area contributed by atoms with Crippen LogP contribution in [0.5, 0.6) is 0 Å². The summed E-state index contributed by atoms with van der Waals surface area (Å²) in [6.45, 7) is 0. The van der Waals surface area contributed by atoms with Gasteiger partial charge in [0, 0.05) is 0 Å². The van der Waals surface area contributed by atoms with Crippen molar-refractivity contribution in [3.63, 3.8) is 0 Å². The Kier molecular flexibility index (Phi) is 6.37. The molecule has 0 bridgehead atoms. The van der Waals surface area contributed by atoms with E-state index in [1.54, 1.807) is 0 Å². The fraction of sp³-hybridized carbons (Fsp3) is 1.00. The molecular formula is CH3CaO4S+. The molecule has 0 N–H and O–H groups in total. The monoisotopic (exact) mass is 151 g/mol. The van der Waals surface area contributed by atoms with E-state index in [0.29, 0.717) is 0 Å². The molecule has 0 aromatic rings. The average Bonchev–Trinajstić information content (AvgIpc) is 1.35. The van der Waals surface area contributed by atoms with Crippen LogP contribution >= 0.6 is 0 Å². The second kappa shape index (κ2) is 4.05. The normalized spacial score (nSPS) is 10.0. The van der Waals surface area contributed by atoms with Crippen LogP contribution in [-0.2, 0) is 14.6 Å². The van der Waals surface area contributed by atoms with E-state index in [-0.39, 0.29) is 37.7 Å². The van der Waals surface area contributed by atoms with Crippen LogP contribution in [0.4, 0.5) is 0 Å². The van der Waals surface area contributed by atoms with Crippen LogP contribution in [0.25, 0.3) is 0 Å². The molecule has 4 nitrogen and oxygen atoms in total. The standard InChI is InChI=1S/CH4O4S.Ca/c1-5-6(2,3)4;/h1H3,(H,2,3,4);/q;+2/p-1. The fourth-order valence-corrected chi connectivity index (χ4v) is 0. The van der Waals surface area contributed by atoms with Gasteiger partial charge in [-0.3, -0.25) is 4.18 Å². The van der Waals surface area contributed by atoms with Crippen LogP contribution in [0.3, 0.4) is 0 Å². The van der Waals surface area contributed by atoms with Crippen molar-refractivity contribution in [1.29, 1.82) is 0 Å². The molecule has 0 saturated heterocycles. The van der Waals surface area contributed by atoms with Crippen molar-refractivity contribution < 1.29 is 17.2 Å². The minimum atomic E-state index is -4.41. The zero-order valence-corrected chi connectivity index (χ0v) is 6.77. The predicted octanol–water partition coefficient (Wildman–Crippen LogP) is -1.29. The van der Waals surface area contributed by atoms with Crippen molar-refractivity contribution in [3.8, 4) is 0 Å². The first-order valence-corrected chi connectivity index (χ1v) is 2.41. The fourth-order valence-electron chi connectivity index (χ4n) is 0. The molecule has 0 aliphatic rings. The van der Waals surface area contributed by atoms with Crippen molar-refractivity contribution in [2.45, 2.75) is 0 Å². The van der Waals surface area contributed by atoms with Crippen LogP contribution in [0, 0.1) is 0 Å². The first-order valence-electron chi connectivity index (χ1n) is 1.07. The van der Waals surface area contributed by atoms with Crippen molar-refractivity contribution in [2.24, 2.45) is 0 Å². The molecule has 0 amide bonds. The van der Waals surface area contributed by atoms with Crippen LogP contribution in [-0.4, -0.2) is 57.8 Å². The van der Waals surface area contributed by atoms with Gasteiger partial charge in [-0.05, 0) is 0 Å². The molecule has 7 heavy (non-hydrogen) atoms. The minimum absolute atomic E-state index is 0. The molecule has 0 aromatic heterocycles. The first-order chi connectivity index (χ1) is 2.56. The van der Waals surface area contributed by atoms with Crippen molar-refractivity contribution >= 4 is 48.1 Å².